The van der Waals surface area contributed by atoms with E-state index in [4.69, 9.17) is 0 Å². The average molecular weight is 198 g/mol. The van der Waals surface area contributed by atoms with Crippen molar-refractivity contribution in [3.05, 3.63) is 0 Å². The highest BCUT2D eigenvalue weighted by Gasteiger charge is 2.18. The summed E-state index contributed by atoms with van der Waals surface area (Å²) in [6.45, 7) is 8.53. The molecular formula is C12H26N2. The van der Waals surface area contributed by atoms with Crippen molar-refractivity contribution in [2.24, 2.45) is 5.92 Å². The summed E-state index contributed by atoms with van der Waals surface area (Å²) < 4.78 is 0. The molecule has 2 atom stereocenters. The largest absolute Gasteiger partial charge is 0.317 e. The number of piperidine rings is 1. The summed E-state index contributed by atoms with van der Waals surface area (Å²) in [6.07, 6.45) is 5.51. The smallest absolute Gasteiger partial charge is 0.00479 e. The van der Waals surface area contributed by atoms with Crippen LogP contribution in [0.1, 0.15) is 39.5 Å². The Hall–Kier alpha value is -0.0800. The number of hydrogen-bond donors (Lipinski definition) is 1. The van der Waals surface area contributed by atoms with Crippen LogP contribution in [0.3, 0.4) is 0 Å². The fourth-order valence-electron chi connectivity index (χ4n) is 2.21. The lowest BCUT2D eigenvalue weighted by atomic mass is 9.95. The van der Waals surface area contributed by atoms with Crippen molar-refractivity contribution in [3.63, 3.8) is 0 Å². The predicted molar refractivity (Wildman–Crippen MR) is 62.6 cm³/mol. The van der Waals surface area contributed by atoms with E-state index in [0.717, 1.165) is 5.92 Å². The van der Waals surface area contributed by atoms with Gasteiger partial charge in [-0.2, -0.15) is 0 Å². The summed E-state index contributed by atoms with van der Waals surface area (Å²) in [5.74, 6) is 0.966. The minimum absolute atomic E-state index is 0.664. The van der Waals surface area contributed by atoms with Gasteiger partial charge >= 0.3 is 0 Å². The fourth-order valence-corrected chi connectivity index (χ4v) is 2.21. The number of likely N-dealkylation sites (tertiary alicyclic amines) is 1. The second-order valence-electron chi connectivity index (χ2n) is 4.70. The molecule has 0 spiro atoms. The van der Waals surface area contributed by atoms with Gasteiger partial charge in [-0.05, 0) is 52.2 Å². The van der Waals surface area contributed by atoms with Gasteiger partial charge in [0.05, 0.1) is 0 Å². The van der Waals surface area contributed by atoms with E-state index in [1.54, 1.807) is 0 Å². The van der Waals surface area contributed by atoms with E-state index in [9.17, 15) is 0 Å². The van der Waals surface area contributed by atoms with Crippen LogP contribution in [-0.4, -0.2) is 37.6 Å². The normalized spacial score (nSPS) is 26.4. The first-order valence-corrected chi connectivity index (χ1v) is 6.15. The second-order valence-corrected chi connectivity index (χ2v) is 4.70. The van der Waals surface area contributed by atoms with Gasteiger partial charge < -0.3 is 10.2 Å². The molecule has 2 heteroatoms. The maximum atomic E-state index is 3.30. The molecule has 1 saturated heterocycles. The van der Waals surface area contributed by atoms with Crippen molar-refractivity contribution in [2.45, 2.75) is 45.6 Å². The molecule has 1 aliphatic heterocycles. The molecule has 14 heavy (non-hydrogen) atoms. The van der Waals surface area contributed by atoms with Crippen LogP contribution in [0.25, 0.3) is 0 Å². The van der Waals surface area contributed by atoms with Crippen LogP contribution >= 0.6 is 0 Å². The molecule has 0 aromatic rings. The van der Waals surface area contributed by atoms with Crippen molar-refractivity contribution < 1.29 is 0 Å². The average Bonchev–Trinajstić information content (AvgIpc) is 2.26. The maximum Gasteiger partial charge on any atom is 0.00479 e. The Bertz CT molecular complexity index is 147. The molecule has 1 N–H and O–H groups in total. The van der Waals surface area contributed by atoms with Gasteiger partial charge in [0.25, 0.3) is 0 Å². The lowest BCUT2D eigenvalue weighted by Gasteiger charge is -2.32. The molecule has 0 aromatic carbocycles. The zero-order valence-corrected chi connectivity index (χ0v) is 10.1. The molecule has 1 fully saturated rings. The molecule has 84 valence electrons. The minimum atomic E-state index is 0.664. The summed E-state index contributed by atoms with van der Waals surface area (Å²) in [6, 6.07) is 0.664. The lowest BCUT2D eigenvalue weighted by Crippen LogP contribution is -2.38. The molecule has 0 radical (unpaired) electrons. The SMILES string of the molecule is CCC1CCCN(CCC(C)NC)C1. The molecule has 0 saturated carbocycles. The van der Waals surface area contributed by atoms with Crippen LogP contribution < -0.4 is 5.32 Å². The van der Waals surface area contributed by atoms with Crippen molar-refractivity contribution in [2.75, 3.05) is 26.7 Å². The van der Waals surface area contributed by atoms with E-state index in [2.05, 4.69) is 31.1 Å². The highest BCUT2D eigenvalue weighted by Crippen LogP contribution is 2.19. The van der Waals surface area contributed by atoms with Gasteiger partial charge in [-0.15, -0.1) is 0 Å². The minimum Gasteiger partial charge on any atom is -0.317 e. The Morgan fingerprint density at radius 2 is 2.29 bits per heavy atom. The molecule has 0 amide bonds. The molecule has 2 nitrogen and oxygen atoms in total. The Balaban J connectivity index is 2.17. The highest BCUT2D eigenvalue weighted by molar-refractivity contribution is 4.73. The van der Waals surface area contributed by atoms with E-state index in [-0.39, 0.29) is 0 Å². The van der Waals surface area contributed by atoms with Crippen LogP contribution in [0.15, 0.2) is 0 Å². The quantitative estimate of drug-likeness (QED) is 0.728. The van der Waals surface area contributed by atoms with E-state index >= 15 is 0 Å². The molecule has 0 bridgehead atoms. The summed E-state index contributed by atoms with van der Waals surface area (Å²) in [4.78, 5) is 2.64. The summed E-state index contributed by atoms with van der Waals surface area (Å²) in [7, 11) is 2.05. The molecule has 2 unspecified atom stereocenters. The van der Waals surface area contributed by atoms with Gasteiger partial charge in [0, 0.05) is 12.6 Å². The number of rotatable bonds is 5. The number of hydrogen-bond acceptors (Lipinski definition) is 2. The van der Waals surface area contributed by atoms with Gasteiger partial charge in [0.15, 0.2) is 0 Å². The Morgan fingerprint density at radius 3 is 2.93 bits per heavy atom. The number of nitrogens with one attached hydrogen (secondary N) is 1. The van der Waals surface area contributed by atoms with Crippen molar-refractivity contribution in [1.29, 1.82) is 0 Å². The first kappa shape index (κ1) is 12.0. The molecule has 1 heterocycles. The second kappa shape index (κ2) is 6.41. The number of nitrogens with zero attached hydrogens (tertiary/aromatic N) is 1. The van der Waals surface area contributed by atoms with Crippen LogP contribution in [0.4, 0.5) is 0 Å². The predicted octanol–water partition coefficient (Wildman–Crippen LogP) is 2.11. The van der Waals surface area contributed by atoms with Crippen LogP contribution in [0, 0.1) is 5.92 Å². The molecule has 0 aliphatic carbocycles. The van der Waals surface area contributed by atoms with Crippen molar-refractivity contribution >= 4 is 0 Å². The van der Waals surface area contributed by atoms with Gasteiger partial charge in [-0.25, -0.2) is 0 Å². The van der Waals surface area contributed by atoms with Crippen molar-refractivity contribution in [3.8, 4) is 0 Å². The van der Waals surface area contributed by atoms with Crippen molar-refractivity contribution in [1.82, 2.24) is 10.2 Å². The third-order valence-corrected chi connectivity index (χ3v) is 3.55. The first-order chi connectivity index (χ1) is 6.76. The van der Waals surface area contributed by atoms with E-state index in [0.29, 0.717) is 6.04 Å². The first-order valence-electron chi connectivity index (χ1n) is 6.15. The fraction of sp³-hybridized carbons (Fsp3) is 1.00. The molecular weight excluding hydrogens is 172 g/mol. The molecule has 1 rings (SSSR count). The summed E-state index contributed by atoms with van der Waals surface area (Å²) >= 11 is 0. The Kier molecular flexibility index (Phi) is 5.49. The van der Waals surface area contributed by atoms with Gasteiger partial charge in [0.1, 0.15) is 0 Å². The zero-order valence-electron chi connectivity index (χ0n) is 10.1. The third kappa shape index (κ3) is 3.97. The standard InChI is InChI=1S/C12H26N2/c1-4-12-6-5-8-14(10-12)9-7-11(2)13-3/h11-13H,4-10H2,1-3H3. The van der Waals surface area contributed by atoms with E-state index in [1.165, 1.54) is 45.3 Å². The topological polar surface area (TPSA) is 15.3 Å². The van der Waals surface area contributed by atoms with E-state index < -0.39 is 0 Å². The Labute approximate surface area is 89.1 Å². The summed E-state index contributed by atoms with van der Waals surface area (Å²) in [5, 5.41) is 3.30. The van der Waals surface area contributed by atoms with Gasteiger partial charge in [-0.3, -0.25) is 0 Å². The maximum absolute atomic E-state index is 3.30. The highest BCUT2D eigenvalue weighted by atomic mass is 15.1. The summed E-state index contributed by atoms with van der Waals surface area (Å²) in [5.41, 5.74) is 0. The third-order valence-electron chi connectivity index (χ3n) is 3.55. The van der Waals surface area contributed by atoms with Crippen LogP contribution in [0.2, 0.25) is 0 Å². The molecule has 0 aromatic heterocycles. The van der Waals surface area contributed by atoms with Crippen LogP contribution in [0.5, 0.6) is 0 Å². The van der Waals surface area contributed by atoms with Crippen LogP contribution in [-0.2, 0) is 0 Å². The van der Waals surface area contributed by atoms with E-state index in [1.807, 2.05) is 0 Å². The van der Waals surface area contributed by atoms with Gasteiger partial charge in [0.2, 0.25) is 0 Å². The Morgan fingerprint density at radius 1 is 1.50 bits per heavy atom. The lowest BCUT2D eigenvalue weighted by molar-refractivity contribution is 0.166. The van der Waals surface area contributed by atoms with Gasteiger partial charge in [-0.1, -0.05) is 13.3 Å². The monoisotopic (exact) mass is 198 g/mol. The zero-order chi connectivity index (χ0) is 10.4. The molecule has 1 aliphatic rings.